The van der Waals surface area contributed by atoms with E-state index in [9.17, 15) is 9.59 Å². The van der Waals surface area contributed by atoms with Gasteiger partial charge in [0.1, 0.15) is 5.69 Å². The van der Waals surface area contributed by atoms with E-state index < -0.39 is 11.7 Å². The molecule has 1 heterocycles. The first-order valence-corrected chi connectivity index (χ1v) is 3.81. The number of pyridine rings is 1. The summed E-state index contributed by atoms with van der Waals surface area (Å²) in [5, 5.41) is 8.32. The largest absolute Gasteiger partial charge is 0.364 e. The van der Waals surface area contributed by atoms with Gasteiger partial charge in [-0.2, -0.15) is 5.26 Å². The van der Waals surface area contributed by atoms with Gasteiger partial charge in [0, 0.05) is 6.20 Å². The molecule has 1 aromatic heterocycles. The number of hydrogen-bond acceptors (Lipinski definition) is 4. The Morgan fingerprint density at radius 1 is 1.57 bits per heavy atom. The monoisotopic (exact) mass is 189 g/mol. The van der Waals surface area contributed by atoms with Crippen molar-refractivity contribution in [2.24, 2.45) is 5.73 Å². The Labute approximate surface area is 80.2 Å². The van der Waals surface area contributed by atoms with Crippen LogP contribution in [0.15, 0.2) is 18.3 Å². The van der Waals surface area contributed by atoms with Gasteiger partial charge in [0.25, 0.3) is 5.91 Å². The van der Waals surface area contributed by atoms with Crippen molar-refractivity contribution in [3.63, 3.8) is 0 Å². The fraction of sp³-hybridized carbons (Fsp3) is 0.111. The summed E-state index contributed by atoms with van der Waals surface area (Å²) in [5.74, 6) is -1.22. The highest BCUT2D eigenvalue weighted by Gasteiger charge is 2.15. The van der Waals surface area contributed by atoms with E-state index in [4.69, 9.17) is 11.0 Å². The highest BCUT2D eigenvalue weighted by molar-refractivity contribution is 6.06. The van der Waals surface area contributed by atoms with Crippen molar-refractivity contribution in [1.82, 2.24) is 4.98 Å². The quantitative estimate of drug-likeness (QED) is 0.690. The maximum absolute atomic E-state index is 11.3. The van der Waals surface area contributed by atoms with Gasteiger partial charge in [-0.15, -0.1) is 0 Å². The SMILES string of the molecule is N#CCC(=O)c1cccnc1C(N)=O. The fourth-order valence-electron chi connectivity index (χ4n) is 0.994. The topological polar surface area (TPSA) is 96.8 Å². The average molecular weight is 189 g/mol. The van der Waals surface area contributed by atoms with Crippen LogP contribution in [0.2, 0.25) is 0 Å². The van der Waals surface area contributed by atoms with Crippen molar-refractivity contribution in [2.75, 3.05) is 0 Å². The first-order valence-electron chi connectivity index (χ1n) is 3.81. The molecule has 0 aliphatic rings. The van der Waals surface area contributed by atoms with E-state index in [1.807, 2.05) is 0 Å². The number of aromatic nitrogens is 1. The molecule has 2 N–H and O–H groups in total. The molecular formula is C9H7N3O2. The van der Waals surface area contributed by atoms with Crippen LogP contribution in [0, 0.1) is 11.3 Å². The summed E-state index contributed by atoms with van der Waals surface area (Å²) in [5.41, 5.74) is 5.02. The Bertz CT molecular complexity index is 420. The third-order valence-electron chi connectivity index (χ3n) is 1.58. The molecule has 0 unspecified atom stereocenters. The Hall–Kier alpha value is -2.22. The number of Topliss-reactive ketones (excluding diaryl/α,β-unsaturated/α-hetero) is 1. The molecule has 0 fully saturated rings. The van der Waals surface area contributed by atoms with Crippen molar-refractivity contribution in [1.29, 1.82) is 5.26 Å². The first kappa shape index (κ1) is 9.86. The van der Waals surface area contributed by atoms with Gasteiger partial charge < -0.3 is 5.73 Å². The number of nitriles is 1. The average Bonchev–Trinajstić information content (AvgIpc) is 2.18. The molecule has 0 atom stereocenters. The molecule has 0 bridgehead atoms. The van der Waals surface area contributed by atoms with Crippen LogP contribution >= 0.6 is 0 Å². The van der Waals surface area contributed by atoms with Crippen LogP contribution in [0.5, 0.6) is 0 Å². The van der Waals surface area contributed by atoms with E-state index in [2.05, 4.69) is 4.98 Å². The lowest BCUT2D eigenvalue weighted by atomic mass is 10.1. The fourth-order valence-corrected chi connectivity index (χ4v) is 0.994. The Morgan fingerprint density at radius 3 is 2.86 bits per heavy atom. The van der Waals surface area contributed by atoms with Crippen LogP contribution in [0.1, 0.15) is 27.3 Å². The van der Waals surface area contributed by atoms with Crippen LogP contribution in [0.25, 0.3) is 0 Å². The molecule has 14 heavy (non-hydrogen) atoms. The van der Waals surface area contributed by atoms with E-state index in [1.165, 1.54) is 18.3 Å². The summed E-state index contributed by atoms with van der Waals surface area (Å²) >= 11 is 0. The van der Waals surface area contributed by atoms with Crippen LogP contribution < -0.4 is 5.73 Å². The van der Waals surface area contributed by atoms with Crippen molar-refractivity contribution >= 4 is 11.7 Å². The molecule has 5 heteroatoms. The molecule has 0 saturated heterocycles. The number of nitrogens with two attached hydrogens (primary N) is 1. The number of rotatable bonds is 3. The van der Waals surface area contributed by atoms with Crippen molar-refractivity contribution in [3.05, 3.63) is 29.6 Å². The number of primary amides is 1. The Morgan fingerprint density at radius 2 is 2.29 bits per heavy atom. The van der Waals surface area contributed by atoms with Gasteiger partial charge in [0.05, 0.1) is 18.1 Å². The second-order valence-corrected chi connectivity index (χ2v) is 2.52. The number of carbonyl (C=O) groups is 2. The third kappa shape index (κ3) is 1.93. The van der Waals surface area contributed by atoms with E-state index in [0.29, 0.717) is 0 Å². The maximum atomic E-state index is 11.3. The van der Waals surface area contributed by atoms with Crippen LogP contribution in [-0.2, 0) is 0 Å². The van der Waals surface area contributed by atoms with E-state index >= 15 is 0 Å². The molecule has 70 valence electrons. The zero-order valence-electron chi connectivity index (χ0n) is 7.23. The minimum atomic E-state index is -0.771. The van der Waals surface area contributed by atoms with Gasteiger partial charge in [-0.3, -0.25) is 14.6 Å². The summed E-state index contributed by atoms with van der Waals surface area (Å²) in [4.78, 5) is 25.8. The Balaban J connectivity index is 3.15. The minimum Gasteiger partial charge on any atom is -0.364 e. The normalized spacial score (nSPS) is 9.07. The number of ketones is 1. The first-order chi connectivity index (χ1) is 6.66. The molecule has 0 radical (unpaired) electrons. The van der Waals surface area contributed by atoms with Gasteiger partial charge in [0.2, 0.25) is 0 Å². The number of hydrogen-bond donors (Lipinski definition) is 1. The molecule has 0 aliphatic carbocycles. The maximum Gasteiger partial charge on any atom is 0.268 e. The van der Waals surface area contributed by atoms with Gasteiger partial charge in [-0.05, 0) is 12.1 Å². The zero-order valence-corrected chi connectivity index (χ0v) is 7.23. The van der Waals surface area contributed by atoms with Gasteiger partial charge in [0.15, 0.2) is 5.78 Å². The zero-order chi connectivity index (χ0) is 10.6. The summed E-state index contributed by atoms with van der Waals surface area (Å²) in [7, 11) is 0. The lowest BCUT2D eigenvalue weighted by molar-refractivity contribution is 0.0962. The van der Waals surface area contributed by atoms with Crippen molar-refractivity contribution in [3.8, 4) is 6.07 Å². The highest BCUT2D eigenvalue weighted by atomic mass is 16.1. The second kappa shape index (κ2) is 4.14. The van der Waals surface area contributed by atoms with Gasteiger partial charge >= 0.3 is 0 Å². The third-order valence-corrected chi connectivity index (χ3v) is 1.58. The summed E-state index contributed by atoms with van der Waals surface area (Å²) in [6.07, 6.45) is 1.08. The molecule has 1 aromatic rings. The van der Waals surface area contributed by atoms with Crippen molar-refractivity contribution in [2.45, 2.75) is 6.42 Å². The Kier molecular flexibility index (Phi) is 2.92. The lowest BCUT2D eigenvalue weighted by Crippen LogP contribution is -2.17. The van der Waals surface area contributed by atoms with Crippen LogP contribution in [0.3, 0.4) is 0 Å². The lowest BCUT2D eigenvalue weighted by Gasteiger charge is -2.00. The van der Waals surface area contributed by atoms with E-state index in [1.54, 1.807) is 6.07 Å². The molecule has 0 spiro atoms. The number of amides is 1. The second-order valence-electron chi connectivity index (χ2n) is 2.52. The molecule has 1 amide bonds. The molecular weight excluding hydrogens is 182 g/mol. The molecule has 0 aromatic carbocycles. The van der Waals surface area contributed by atoms with Crippen molar-refractivity contribution < 1.29 is 9.59 Å². The summed E-state index contributed by atoms with van der Waals surface area (Å²) < 4.78 is 0. The smallest absolute Gasteiger partial charge is 0.268 e. The predicted octanol–water partition coefficient (Wildman–Crippen LogP) is 0.277. The summed E-state index contributed by atoms with van der Waals surface area (Å²) in [6, 6.07) is 4.64. The molecule has 5 nitrogen and oxygen atoms in total. The molecule has 0 aliphatic heterocycles. The minimum absolute atomic E-state index is 0.0900. The number of nitrogens with zero attached hydrogens (tertiary/aromatic N) is 2. The van der Waals surface area contributed by atoms with Crippen LogP contribution in [-0.4, -0.2) is 16.7 Å². The van der Waals surface area contributed by atoms with Crippen LogP contribution in [0.4, 0.5) is 0 Å². The van der Waals surface area contributed by atoms with Gasteiger partial charge in [-0.1, -0.05) is 0 Å². The molecule has 1 rings (SSSR count). The number of carbonyl (C=O) groups excluding carboxylic acids is 2. The summed E-state index contributed by atoms with van der Waals surface area (Å²) in [6.45, 7) is 0. The molecule has 0 saturated carbocycles. The van der Waals surface area contributed by atoms with E-state index in [-0.39, 0.29) is 17.7 Å². The van der Waals surface area contributed by atoms with E-state index in [0.717, 1.165) is 0 Å². The standard InChI is InChI=1S/C9H7N3O2/c10-4-3-7(13)6-2-1-5-12-8(6)9(11)14/h1-2,5H,3H2,(H2,11,14). The predicted molar refractivity (Wildman–Crippen MR) is 47.3 cm³/mol. The van der Waals surface area contributed by atoms with Gasteiger partial charge in [-0.25, -0.2) is 0 Å². The highest BCUT2D eigenvalue weighted by Crippen LogP contribution is 2.07.